The number of hydrogen-bond acceptors (Lipinski definition) is 5. The van der Waals surface area contributed by atoms with Crippen LogP contribution in [0.4, 0.5) is 0 Å². The molecule has 6 nitrogen and oxygen atoms in total. The van der Waals surface area contributed by atoms with Crippen molar-refractivity contribution in [1.82, 2.24) is 20.4 Å². The number of rotatable bonds is 3. The Hall–Kier alpha value is -1.43. The first-order valence-electron chi connectivity index (χ1n) is 9.06. The highest BCUT2D eigenvalue weighted by molar-refractivity contribution is 5.79. The predicted octanol–water partition coefficient (Wildman–Crippen LogP) is 2.04. The Labute approximate surface area is 137 Å². The molecule has 3 heterocycles. The molecule has 0 bridgehead atoms. The molecule has 3 atom stereocenters. The smallest absolute Gasteiger partial charge is 0.229 e. The van der Waals surface area contributed by atoms with Gasteiger partial charge in [0.15, 0.2) is 5.82 Å². The summed E-state index contributed by atoms with van der Waals surface area (Å²) in [6, 6.07) is 0.441. The Morgan fingerprint density at radius 2 is 2.13 bits per heavy atom. The van der Waals surface area contributed by atoms with Crippen LogP contribution in [0, 0.1) is 5.92 Å². The van der Waals surface area contributed by atoms with Gasteiger partial charge >= 0.3 is 0 Å². The third-order valence-electron chi connectivity index (χ3n) is 5.46. The summed E-state index contributed by atoms with van der Waals surface area (Å²) in [6.45, 7) is 4.74. The minimum absolute atomic E-state index is 0.178. The molecule has 0 aromatic carbocycles. The van der Waals surface area contributed by atoms with Crippen molar-refractivity contribution < 1.29 is 9.32 Å². The van der Waals surface area contributed by atoms with Gasteiger partial charge in [-0.15, -0.1) is 0 Å². The Morgan fingerprint density at radius 3 is 2.91 bits per heavy atom. The SMILES string of the molecule is C[C@H]1C[C@@H](C(=O)N2CCCC(c3noc(C4CC4)n3)C2)CCN1. The summed E-state index contributed by atoms with van der Waals surface area (Å²) in [6.07, 6.45) is 6.34. The first-order chi connectivity index (χ1) is 11.2. The summed E-state index contributed by atoms with van der Waals surface area (Å²) in [4.78, 5) is 19.5. The van der Waals surface area contributed by atoms with Crippen LogP contribution >= 0.6 is 0 Å². The summed E-state index contributed by atoms with van der Waals surface area (Å²) in [5.41, 5.74) is 0. The number of carbonyl (C=O) groups is 1. The fourth-order valence-electron chi connectivity index (χ4n) is 3.91. The Kier molecular flexibility index (Phi) is 4.09. The highest BCUT2D eigenvalue weighted by atomic mass is 16.5. The molecule has 6 heteroatoms. The molecule has 3 aliphatic rings. The summed E-state index contributed by atoms with van der Waals surface area (Å²) in [5, 5.41) is 7.61. The molecule has 3 fully saturated rings. The van der Waals surface area contributed by atoms with Crippen LogP contribution in [0.1, 0.15) is 69.0 Å². The van der Waals surface area contributed by atoms with Gasteiger partial charge in [0.25, 0.3) is 0 Å². The summed E-state index contributed by atoms with van der Waals surface area (Å²) >= 11 is 0. The highest BCUT2D eigenvalue weighted by Crippen LogP contribution is 2.39. The standard InChI is InChI=1S/C17H26N4O2/c1-11-9-13(6-7-18-11)17(22)21-8-2-3-14(10-21)15-19-16(23-20-15)12-4-5-12/h11-14,18H,2-10H2,1H3/t11-,13-,14?/m0/s1. The molecule has 1 aromatic rings. The molecule has 2 aliphatic heterocycles. The average molecular weight is 318 g/mol. The van der Waals surface area contributed by atoms with Crippen molar-refractivity contribution in [3.8, 4) is 0 Å². The van der Waals surface area contributed by atoms with Gasteiger partial charge in [0.05, 0.1) is 0 Å². The van der Waals surface area contributed by atoms with Crippen LogP contribution in [0.15, 0.2) is 4.52 Å². The summed E-state index contributed by atoms with van der Waals surface area (Å²) < 4.78 is 5.40. The molecule has 4 rings (SSSR count). The van der Waals surface area contributed by atoms with Crippen molar-refractivity contribution in [3.63, 3.8) is 0 Å². The van der Waals surface area contributed by atoms with Crippen LogP contribution in [0.3, 0.4) is 0 Å². The van der Waals surface area contributed by atoms with E-state index in [1.165, 1.54) is 12.8 Å². The van der Waals surface area contributed by atoms with Gasteiger partial charge < -0.3 is 14.7 Å². The highest BCUT2D eigenvalue weighted by Gasteiger charge is 2.35. The Balaban J connectivity index is 1.40. The second-order valence-corrected chi connectivity index (χ2v) is 7.46. The lowest BCUT2D eigenvalue weighted by Gasteiger charge is -2.36. The molecular formula is C17H26N4O2. The number of nitrogens with zero attached hydrogens (tertiary/aromatic N) is 3. The molecule has 1 unspecified atom stereocenters. The average Bonchev–Trinajstić information content (AvgIpc) is 3.31. The first-order valence-corrected chi connectivity index (χ1v) is 9.06. The number of likely N-dealkylation sites (tertiary alicyclic amines) is 1. The zero-order valence-corrected chi connectivity index (χ0v) is 13.8. The van der Waals surface area contributed by atoms with Crippen LogP contribution < -0.4 is 5.32 Å². The molecule has 2 saturated heterocycles. The summed E-state index contributed by atoms with van der Waals surface area (Å²) in [5.74, 6) is 2.85. The van der Waals surface area contributed by atoms with E-state index in [1.54, 1.807) is 0 Å². The Bertz CT molecular complexity index is 569. The third-order valence-corrected chi connectivity index (χ3v) is 5.46. The van der Waals surface area contributed by atoms with Gasteiger partial charge in [-0.2, -0.15) is 4.98 Å². The minimum atomic E-state index is 0.178. The van der Waals surface area contributed by atoms with E-state index in [-0.39, 0.29) is 11.8 Å². The molecular weight excluding hydrogens is 292 g/mol. The van der Waals surface area contributed by atoms with E-state index >= 15 is 0 Å². The lowest BCUT2D eigenvalue weighted by molar-refractivity contribution is -0.138. The normalized spacial score (nSPS) is 32.0. The molecule has 1 N–H and O–H groups in total. The van der Waals surface area contributed by atoms with E-state index in [4.69, 9.17) is 4.52 Å². The number of amides is 1. The van der Waals surface area contributed by atoms with Crippen LogP contribution in [0.2, 0.25) is 0 Å². The van der Waals surface area contributed by atoms with Crippen LogP contribution in [-0.2, 0) is 4.79 Å². The second-order valence-electron chi connectivity index (χ2n) is 7.46. The predicted molar refractivity (Wildman–Crippen MR) is 85.0 cm³/mol. The van der Waals surface area contributed by atoms with E-state index in [1.807, 2.05) is 4.90 Å². The zero-order valence-electron chi connectivity index (χ0n) is 13.8. The van der Waals surface area contributed by atoms with Gasteiger partial charge in [0, 0.05) is 36.9 Å². The summed E-state index contributed by atoms with van der Waals surface area (Å²) in [7, 11) is 0. The first kappa shape index (κ1) is 15.1. The van der Waals surface area contributed by atoms with Gasteiger partial charge in [-0.25, -0.2) is 0 Å². The minimum Gasteiger partial charge on any atom is -0.342 e. The Morgan fingerprint density at radius 1 is 1.26 bits per heavy atom. The van der Waals surface area contributed by atoms with Crippen LogP contribution in [0.25, 0.3) is 0 Å². The van der Waals surface area contributed by atoms with E-state index in [0.717, 1.165) is 57.0 Å². The molecule has 23 heavy (non-hydrogen) atoms. The number of hydrogen-bond donors (Lipinski definition) is 1. The second kappa shape index (κ2) is 6.23. The maximum absolute atomic E-state index is 12.8. The molecule has 1 aliphatic carbocycles. The number of carbonyl (C=O) groups excluding carboxylic acids is 1. The lowest BCUT2D eigenvalue weighted by atomic mass is 9.90. The monoisotopic (exact) mass is 318 g/mol. The topological polar surface area (TPSA) is 71.3 Å². The van der Waals surface area contributed by atoms with E-state index in [9.17, 15) is 4.79 Å². The van der Waals surface area contributed by atoms with E-state index in [0.29, 0.717) is 17.9 Å². The van der Waals surface area contributed by atoms with Gasteiger partial charge in [0.2, 0.25) is 11.8 Å². The van der Waals surface area contributed by atoms with Crippen molar-refractivity contribution in [2.24, 2.45) is 5.92 Å². The quantitative estimate of drug-likeness (QED) is 0.923. The molecule has 0 spiro atoms. The van der Waals surface area contributed by atoms with Crippen molar-refractivity contribution in [3.05, 3.63) is 11.7 Å². The van der Waals surface area contributed by atoms with E-state index < -0.39 is 0 Å². The maximum atomic E-state index is 12.8. The lowest BCUT2D eigenvalue weighted by Crippen LogP contribution is -2.47. The van der Waals surface area contributed by atoms with Gasteiger partial charge in [-0.1, -0.05) is 5.16 Å². The van der Waals surface area contributed by atoms with Crippen LogP contribution in [0.5, 0.6) is 0 Å². The van der Waals surface area contributed by atoms with Crippen molar-refractivity contribution in [2.75, 3.05) is 19.6 Å². The van der Waals surface area contributed by atoms with Gasteiger partial charge in [-0.3, -0.25) is 4.79 Å². The van der Waals surface area contributed by atoms with Gasteiger partial charge in [-0.05, 0) is 52.0 Å². The fourth-order valence-corrected chi connectivity index (χ4v) is 3.91. The zero-order chi connectivity index (χ0) is 15.8. The molecule has 1 aromatic heterocycles. The number of nitrogens with one attached hydrogen (secondary N) is 1. The third kappa shape index (κ3) is 3.27. The number of piperidine rings is 2. The van der Waals surface area contributed by atoms with Crippen molar-refractivity contribution >= 4 is 5.91 Å². The fraction of sp³-hybridized carbons (Fsp3) is 0.824. The van der Waals surface area contributed by atoms with E-state index in [2.05, 4.69) is 22.4 Å². The maximum Gasteiger partial charge on any atom is 0.229 e. The molecule has 126 valence electrons. The van der Waals surface area contributed by atoms with Crippen molar-refractivity contribution in [2.45, 2.75) is 63.3 Å². The molecule has 1 saturated carbocycles. The van der Waals surface area contributed by atoms with Crippen molar-refractivity contribution in [1.29, 1.82) is 0 Å². The largest absolute Gasteiger partial charge is 0.342 e. The molecule has 1 amide bonds. The molecule has 0 radical (unpaired) electrons. The van der Waals surface area contributed by atoms with Gasteiger partial charge in [0.1, 0.15) is 0 Å². The van der Waals surface area contributed by atoms with Crippen LogP contribution in [-0.4, -0.2) is 46.6 Å². The number of aromatic nitrogens is 2.